The minimum Gasteiger partial charge on any atom is -0.481 e. The molecule has 1 N–H and O–H groups in total. The van der Waals surface area contributed by atoms with Crippen molar-refractivity contribution in [3.63, 3.8) is 0 Å². The lowest BCUT2D eigenvalue weighted by Crippen LogP contribution is -2.44. The predicted molar refractivity (Wildman–Crippen MR) is 113 cm³/mol. The van der Waals surface area contributed by atoms with Gasteiger partial charge in [-0.15, -0.1) is 11.3 Å². The summed E-state index contributed by atoms with van der Waals surface area (Å²) in [4.78, 5) is 17.6. The number of nitrogens with one attached hydrogen (secondary N) is 1. The van der Waals surface area contributed by atoms with Gasteiger partial charge in [-0.05, 0) is 42.0 Å². The highest BCUT2D eigenvalue weighted by molar-refractivity contribution is 7.13. The third kappa shape index (κ3) is 3.27. The quantitative estimate of drug-likeness (QED) is 0.655. The Kier molecular flexibility index (Phi) is 4.13. The molecule has 0 radical (unpaired) electrons. The van der Waals surface area contributed by atoms with Gasteiger partial charge >= 0.3 is 0 Å². The van der Waals surface area contributed by atoms with Gasteiger partial charge in [0.1, 0.15) is 19.6 Å². The molecule has 1 amide bonds. The molecule has 1 fully saturated rings. The van der Waals surface area contributed by atoms with Crippen molar-refractivity contribution < 1.29 is 9.53 Å². The Labute approximate surface area is 168 Å². The Balaban J connectivity index is 1.59. The van der Waals surface area contributed by atoms with Crippen molar-refractivity contribution in [1.29, 1.82) is 0 Å². The number of rotatable bonds is 4. The number of amides is 1. The first-order chi connectivity index (χ1) is 13.5. The van der Waals surface area contributed by atoms with Gasteiger partial charge in [0.15, 0.2) is 0 Å². The van der Waals surface area contributed by atoms with Crippen molar-refractivity contribution in [2.45, 2.75) is 32.1 Å². The van der Waals surface area contributed by atoms with Crippen LogP contribution in [0.3, 0.4) is 0 Å². The van der Waals surface area contributed by atoms with Crippen LogP contribution in [0.1, 0.15) is 12.8 Å². The lowest BCUT2D eigenvalue weighted by molar-refractivity contribution is -0.117. The van der Waals surface area contributed by atoms with E-state index in [-0.39, 0.29) is 11.8 Å². The number of anilines is 1. The summed E-state index contributed by atoms with van der Waals surface area (Å²) >= 11 is 1.67. The number of nitrogens with zero attached hydrogens (tertiary/aromatic N) is 3. The first-order valence-electron chi connectivity index (χ1n) is 9.55. The van der Waals surface area contributed by atoms with Crippen molar-refractivity contribution in [2.75, 3.05) is 11.5 Å². The second-order valence-electron chi connectivity index (χ2n) is 8.31. The zero-order valence-electron chi connectivity index (χ0n) is 15.9. The number of hydrogen-bond donors (Lipinski definition) is 1. The molecule has 144 valence electrons. The van der Waals surface area contributed by atoms with Gasteiger partial charge in [0.05, 0.1) is 16.7 Å². The monoisotopic (exact) mass is 410 g/mol. The van der Waals surface area contributed by atoms with Crippen molar-refractivity contribution >= 4 is 31.1 Å². The highest BCUT2D eigenvalue weighted by Gasteiger charge is 2.34. The molecule has 1 saturated carbocycles. The van der Waals surface area contributed by atoms with Crippen LogP contribution < -0.4 is 10.1 Å². The van der Waals surface area contributed by atoms with E-state index < -0.39 is 8.07 Å². The maximum Gasteiger partial charge on any atom is 0.228 e. The van der Waals surface area contributed by atoms with Crippen LogP contribution in [0, 0.1) is 5.92 Å². The van der Waals surface area contributed by atoms with E-state index in [2.05, 4.69) is 34.8 Å². The van der Waals surface area contributed by atoms with Gasteiger partial charge in [-0.2, -0.15) is 5.10 Å². The molecule has 0 unspecified atom stereocenters. The Morgan fingerprint density at radius 1 is 1.36 bits per heavy atom. The second-order valence-corrected chi connectivity index (χ2v) is 14.2. The summed E-state index contributed by atoms with van der Waals surface area (Å²) < 4.78 is 8.26. The SMILES string of the molecule is C[Si]1(C)COc2c(-c3ccnc(NC(=O)C4CC4)c3)c(-c3cccs3)nn2C1. The normalized spacial score (nSPS) is 17.6. The molecule has 0 bridgehead atoms. The summed E-state index contributed by atoms with van der Waals surface area (Å²) in [6.07, 6.45) is 5.40. The predicted octanol–water partition coefficient (Wildman–Crippen LogP) is 4.20. The summed E-state index contributed by atoms with van der Waals surface area (Å²) in [6.45, 7) is 4.64. The van der Waals surface area contributed by atoms with Crippen molar-refractivity contribution in [3.05, 3.63) is 35.8 Å². The maximum atomic E-state index is 12.1. The lowest BCUT2D eigenvalue weighted by atomic mass is 10.1. The molecule has 28 heavy (non-hydrogen) atoms. The minimum atomic E-state index is -1.46. The van der Waals surface area contributed by atoms with E-state index in [4.69, 9.17) is 9.84 Å². The van der Waals surface area contributed by atoms with E-state index in [1.807, 2.05) is 22.9 Å². The molecule has 0 spiro atoms. The summed E-state index contributed by atoms with van der Waals surface area (Å²) in [5, 5.41) is 9.93. The maximum absolute atomic E-state index is 12.1. The van der Waals surface area contributed by atoms with Crippen LogP contribution in [-0.2, 0) is 11.0 Å². The topological polar surface area (TPSA) is 69.0 Å². The number of fused-ring (bicyclic) bond motifs is 1. The molecule has 4 heterocycles. The van der Waals surface area contributed by atoms with Crippen molar-refractivity contribution in [2.24, 2.45) is 5.92 Å². The van der Waals surface area contributed by atoms with E-state index in [1.54, 1.807) is 17.5 Å². The van der Waals surface area contributed by atoms with E-state index >= 15 is 0 Å². The molecule has 1 aliphatic carbocycles. The van der Waals surface area contributed by atoms with Crippen LogP contribution in [0.5, 0.6) is 5.88 Å². The van der Waals surface area contributed by atoms with E-state index in [0.717, 1.165) is 52.8 Å². The van der Waals surface area contributed by atoms with E-state index in [0.29, 0.717) is 5.82 Å². The minimum absolute atomic E-state index is 0.0594. The molecule has 0 saturated heterocycles. The Morgan fingerprint density at radius 3 is 2.96 bits per heavy atom. The average molecular weight is 411 g/mol. The third-order valence-corrected chi connectivity index (χ3v) is 8.04. The number of hydrogen-bond acceptors (Lipinski definition) is 5. The van der Waals surface area contributed by atoms with Gasteiger partial charge in [0.2, 0.25) is 11.8 Å². The smallest absolute Gasteiger partial charge is 0.228 e. The van der Waals surface area contributed by atoms with Gasteiger partial charge in [0.25, 0.3) is 0 Å². The van der Waals surface area contributed by atoms with Crippen LogP contribution in [0.2, 0.25) is 13.1 Å². The fraction of sp³-hybridized carbons (Fsp3) is 0.350. The van der Waals surface area contributed by atoms with Gasteiger partial charge in [-0.3, -0.25) is 4.79 Å². The highest BCUT2D eigenvalue weighted by atomic mass is 32.1. The van der Waals surface area contributed by atoms with Gasteiger partial charge in [0, 0.05) is 18.3 Å². The molecule has 0 atom stereocenters. The molecule has 6 nitrogen and oxygen atoms in total. The molecule has 5 rings (SSSR count). The number of ether oxygens (including phenoxy) is 1. The van der Waals surface area contributed by atoms with E-state index in [1.165, 1.54) is 0 Å². The standard InChI is InChI=1S/C20H22N4O2SSi/c1-28(2)11-24-20(26-12-28)17(18(23-24)15-4-3-9-27-15)14-7-8-21-16(10-14)22-19(25)13-5-6-13/h3-4,7-10,13H,5-6,11-12H2,1-2H3,(H,21,22,25). The van der Waals surface area contributed by atoms with Gasteiger partial charge in [-0.1, -0.05) is 19.2 Å². The number of carbonyl (C=O) groups excluding carboxylic acids is 1. The van der Waals surface area contributed by atoms with Crippen LogP contribution in [0.15, 0.2) is 35.8 Å². The van der Waals surface area contributed by atoms with E-state index in [9.17, 15) is 4.79 Å². The van der Waals surface area contributed by atoms with Crippen LogP contribution in [0.4, 0.5) is 5.82 Å². The molecular formula is C20H22N4O2SSi. The highest BCUT2D eigenvalue weighted by Crippen LogP contribution is 2.43. The fourth-order valence-electron chi connectivity index (χ4n) is 3.49. The Bertz CT molecular complexity index is 1040. The second kappa shape index (κ2) is 6.56. The summed E-state index contributed by atoms with van der Waals surface area (Å²) in [5.41, 5.74) is 2.88. The lowest BCUT2D eigenvalue weighted by Gasteiger charge is -2.28. The molecule has 3 aromatic rings. The molecule has 3 aromatic heterocycles. The first kappa shape index (κ1) is 17.6. The molecule has 0 aromatic carbocycles. The molecular weight excluding hydrogens is 388 g/mol. The number of thiophene rings is 1. The Morgan fingerprint density at radius 2 is 2.21 bits per heavy atom. The zero-order chi connectivity index (χ0) is 19.3. The van der Waals surface area contributed by atoms with Crippen molar-refractivity contribution in [1.82, 2.24) is 14.8 Å². The van der Waals surface area contributed by atoms with Crippen LogP contribution in [0.25, 0.3) is 21.7 Å². The number of aromatic nitrogens is 3. The average Bonchev–Trinajstić information content (AvgIpc) is 3.24. The van der Waals surface area contributed by atoms with Crippen molar-refractivity contribution in [3.8, 4) is 27.6 Å². The van der Waals surface area contributed by atoms with Gasteiger partial charge in [-0.25, -0.2) is 9.67 Å². The zero-order valence-corrected chi connectivity index (χ0v) is 17.8. The van der Waals surface area contributed by atoms with Gasteiger partial charge < -0.3 is 10.1 Å². The molecule has 8 heteroatoms. The number of pyridine rings is 1. The molecule has 1 aliphatic heterocycles. The van der Waals surface area contributed by atoms with Crippen LogP contribution >= 0.6 is 11.3 Å². The van der Waals surface area contributed by atoms with Crippen LogP contribution in [-0.4, -0.2) is 35.0 Å². The largest absolute Gasteiger partial charge is 0.481 e. The summed E-state index contributed by atoms with van der Waals surface area (Å²) in [5.74, 6) is 1.61. The Hall–Kier alpha value is -2.45. The third-order valence-electron chi connectivity index (χ3n) is 5.09. The molecule has 2 aliphatic rings. The number of carbonyl (C=O) groups is 1. The summed E-state index contributed by atoms with van der Waals surface area (Å²) in [7, 11) is -1.46. The summed E-state index contributed by atoms with van der Waals surface area (Å²) in [6, 6.07) is 8.01. The fourth-order valence-corrected chi connectivity index (χ4v) is 5.85. The first-order valence-corrected chi connectivity index (χ1v) is 13.8.